The van der Waals surface area contributed by atoms with Gasteiger partial charge >= 0.3 is 5.97 Å². The van der Waals surface area contributed by atoms with Gasteiger partial charge in [0.15, 0.2) is 0 Å². The zero-order valence-electron chi connectivity index (χ0n) is 11.1. The van der Waals surface area contributed by atoms with Crippen LogP contribution in [0.2, 0.25) is 0 Å². The third-order valence-corrected chi connectivity index (χ3v) is 3.55. The number of aromatic carboxylic acids is 1. The summed E-state index contributed by atoms with van der Waals surface area (Å²) in [6, 6.07) is 8.98. The van der Waals surface area contributed by atoms with Crippen molar-refractivity contribution in [3.63, 3.8) is 0 Å². The molecule has 21 heavy (non-hydrogen) atoms. The first-order valence-electron chi connectivity index (χ1n) is 6.02. The SMILES string of the molecule is Cc1ccc(Br)c(C(=O)Nc2cc(C(=O)O)ccc2O)c1. The lowest BCUT2D eigenvalue weighted by molar-refractivity contribution is 0.0696. The molecule has 2 rings (SSSR count). The van der Waals surface area contributed by atoms with Crippen LogP contribution in [0.15, 0.2) is 40.9 Å². The van der Waals surface area contributed by atoms with Crippen LogP contribution in [0.5, 0.6) is 5.75 Å². The maximum atomic E-state index is 12.2. The second-order valence-corrected chi connectivity index (χ2v) is 5.33. The summed E-state index contributed by atoms with van der Waals surface area (Å²) in [5.41, 5.74) is 1.33. The lowest BCUT2D eigenvalue weighted by Gasteiger charge is -2.10. The Hall–Kier alpha value is -2.34. The molecule has 0 aliphatic carbocycles. The number of nitrogens with one attached hydrogen (secondary N) is 1. The smallest absolute Gasteiger partial charge is 0.335 e. The number of amides is 1. The first-order valence-corrected chi connectivity index (χ1v) is 6.81. The molecule has 3 N–H and O–H groups in total. The van der Waals surface area contributed by atoms with Crippen LogP contribution in [-0.2, 0) is 0 Å². The van der Waals surface area contributed by atoms with Gasteiger partial charge in [-0.15, -0.1) is 0 Å². The number of carbonyl (C=O) groups is 2. The summed E-state index contributed by atoms with van der Waals surface area (Å²) >= 11 is 3.28. The van der Waals surface area contributed by atoms with E-state index in [0.717, 1.165) is 5.56 Å². The van der Waals surface area contributed by atoms with E-state index < -0.39 is 11.9 Å². The average Bonchev–Trinajstić information content (AvgIpc) is 2.43. The van der Waals surface area contributed by atoms with E-state index in [0.29, 0.717) is 10.0 Å². The third-order valence-electron chi connectivity index (χ3n) is 2.86. The predicted molar refractivity (Wildman–Crippen MR) is 81.9 cm³/mol. The van der Waals surface area contributed by atoms with Gasteiger partial charge in [-0.05, 0) is 53.2 Å². The number of anilines is 1. The van der Waals surface area contributed by atoms with Crippen molar-refractivity contribution in [2.24, 2.45) is 0 Å². The van der Waals surface area contributed by atoms with E-state index in [1.807, 2.05) is 13.0 Å². The zero-order chi connectivity index (χ0) is 15.6. The second kappa shape index (κ2) is 5.97. The zero-order valence-corrected chi connectivity index (χ0v) is 12.6. The van der Waals surface area contributed by atoms with E-state index in [-0.39, 0.29) is 17.0 Å². The predicted octanol–water partition coefficient (Wildman–Crippen LogP) is 3.41. The minimum absolute atomic E-state index is 0.0218. The van der Waals surface area contributed by atoms with E-state index in [9.17, 15) is 14.7 Å². The number of carboxylic acid groups (broad SMARTS) is 1. The minimum Gasteiger partial charge on any atom is -0.506 e. The van der Waals surface area contributed by atoms with E-state index in [2.05, 4.69) is 21.2 Å². The molecule has 0 aliphatic heterocycles. The topological polar surface area (TPSA) is 86.6 Å². The number of aromatic hydroxyl groups is 1. The van der Waals surface area contributed by atoms with Gasteiger partial charge in [0.2, 0.25) is 0 Å². The van der Waals surface area contributed by atoms with Crippen LogP contribution in [0, 0.1) is 6.92 Å². The van der Waals surface area contributed by atoms with Gasteiger partial charge in [0.05, 0.1) is 16.8 Å². The highest BCUT2D eigenvalue weighted by Gasteiger charge is 2.14. The number of benzene rings is 2. The quantitative estimate of drug-likeness (QED) is 0.741. The molecule has 0 fully saturated rings. The maximum absolute atomic E-state index is 12.2. The second-order valence-electron chi connectivity index (χ2n) is 4.47. The molecule has 0 bridgehead atoms. The molecule has 0 aromatic heterocycles. The molecule has 0 unspecified atom stereocenters. The highest BCUT2D eigenvalue weighted by molar-refractivity contribution is 9.10. The highest BCUT2D eigenvalue weighted by atomic mass is 79.9. The normalized spacial score (nSPS) is 10.2. The van der Waals surface area contributed by atoms with Crippen LogP contribution in [0.25, 0.3) is 0 Å². The molecule has 0 aliphatic rings. The third kappa shape index (κ3) is 3.41. The summed E-state index contributed by atoms with van der Waals surface area (Å²) in [5, 5.41) is 21.2. The van der Waals surface area contributed by atoms with Crippen LogP contribution in [0.1, 0.15) is 26.3 Å². The first kappa shape index (κ1) is 15.1. The standard InChI is InChI=1S/C15H12BrNO4/c1-8-2-4-11(16)10(6-8)14(19)17-12-7-9(15(20)21)3-5-13(12)18/h2-7,18H,1H3,(H,17,19)(H,20,21). The number of carboxylic acids is 1. The van der Waals surface area contributed by atoms with Crippen molar-refractivity contribution in [2.75, 3.05) is 5.32 Å². The van der Waals surface area contributed by atoms with Gasteiger partial charge in [0.1, 0.15) is 5.75 Å². The van der Waals surface area contributed by atoms with E-state index in [1.165, 1.54) is 18.2 Å². The van der Waals surface area contributed by atoms with Crippen molar-refractivity contribution < 1.29 is 19.8 Å². The summed E-state index contributed by atoms with van der Waals surface area (Å²) in [6.45, 7) is 1.85. The summed E-state index contributed by atoms with van der Waals surface area (Å²) in [6.07, 6.45) is 0. The Kier molecular flexibility index (Phi) is 4.28. The number of phenols is 1. The molecule has 0 saturated carbocycles. The summed E-state index contributed by atoms with van der Waals surface area (Å²) in [7, 11) is 0. The largest absolute Gasteiger partial charge is 0.506 e. The number of hydrogen-bond acceptors (Lipinski definition) is 3. The Balaban J connectivity index is 2.33. The van der Waals surface area contributed by atoms with Crippen LogP contribution >= 0.6 is 15.9 Å². The molecule has 0 spiro atoms. The molecule has 0 saturated heterocycles. The Morgan fingerprint density at radius 2 is 1.86 bits per heavy atom. The van der Waals surface area contributed by atoms with Crippen molar-refractivity contribution >= 4 is 33.5 Å². The van der Waals surface area contributed by atoms with Crippen LogP contribution in [-0.4, -0.2) is 22.1 Å². The number of phenolic OH excluding ortho intramolecular Hbond substituents is 1. The average molecular weight is 350 g/mol. The monoisotopic (exact) mass is 349 g/mol. The van der Waals surface area contributed by atoms with Crippen molar-refractivity contribution in [3.8, 4) is 5.75 Å². The Morgan fingerprint density at radius 3 is 2.52 bits per heavy atom. The molecular formula is C15H12BrNO4. The first-order chi connectivity index (χ1) is 9.88. The molecule has 108 valence electrons. The van der Waals surface area contributed by atoms with Crippen molar-refractivity contribution in [2.45, 2.75) is 6.92 Å². The molecule has 1 amide bonds. The molecule has 5 nitrogen and oxygen atoms in total. The van der Waals surface area contributed by atoms with E-state index in [4.69, 9.17) is 5.11 Å². The van der Waals surface area contributed by atoms with Crippen molar-refractivity contribution in [3.05, 3.63) is 57.6 Å². The van der Waals surface area contributed by atoms with Crippen LogP contribution in [0.4, 0.5) is 5.69 Å². The number of rotatable bonds is 3. The van der Waals surface area contributed by atoms with Gasteiger partial charge in [-0.25, -0.2) is 4.79 Å². The summed E-state index contributed by atoms with van der Waals surface area (Å²) in [4.78, 5) is 23.1. The molecule has 6 heteroatoms. The highest BCUT2D eigenvalue weighted by Crippen LogP contribution is 2.26. The summed E-state index contributed by atoms with van der Waals surface area (Å²) in [5.74, 6) is -1.78. The lowest BCUT2D eigenvalue weighted by atomic mass is 10.1. The van der Waals surface area contributed by atoms with Gasteiger partial charge in [-0.3, -0.25) is 4.79 Å². The lowest BCUT2D eigenvalue weighted by Crippen LogP contribution is -2.13. The molecule has 0 radical (unpaired) electrons. The number of carbonyl (C=O) groups excluding carboxylic acids is 1. The van der Waals surface area contributed by atoms with Gasteiger partial charge in [-0.2, -0.15) is 0 Å². The Bertz CT molecular complexity index is 728. The van der Waals surface area contributed by atoms with E-state index in [1.54, 1.807) is 12.1 Å². The molecule has 0 heterocycles. The fourth-order valence-corrected chi connectivity index (χ4v) is 2.20. The van der Waals surface area contributed by atoms with Crippen molar-refractivity contribution in [1.29, 1.82) is 0 Å². The van der Waals surface area contributed by atoms with Crippen molar-refractivity contribution in [1.82, 2.24) is 0 Å². The van der Waals surface area contributed by atoms with Crippen LogP contribution in [0.3, 0.4) is 0 Å². The van der Waals surface area contributed by atoms with E-state index >= 15 is 0 Å². The molecule has 0 atom stereocenters. The van der Waals surface area contributed by atoms with Gasteiger partial charge in [-0.1, -0.05) is 11.6 Å². The van der Waals surface area contributed by atoms with Gasteiger partial charge in [0.25, 0.3) is 5.91 Å². The number of aryl methyl sites for hydroxylation is 1. The molecule has 2 aromatic rings. The van der Waals surface area contributed by atoms with Gasteiger partial charge in [0, 0.05) is 4.47 Å². The number of halogens is 1. The summed E-state index contributed by atoms with van der Waals surface area (Å²) < 4.78 is 0.611. The Morgan fingerprint density at radius 1 is 1.14 bits per heavy atom. The minimum atomic E-state index is -1.14. The molecule has 2 aromatic carbocycles. The maximum Gasteiger partial charge on any atom is 0.335 e. The molecular weight excluding hydrogens is 338 g/mol. The fourth-order valence-electron chi connectivity index (χ4n) is 1.77. The fraction of sp³-hybridized carbons (Fsp3) is 0.0667. The number of hydrogen-bond donors (Lipinski definition) is 3. The Labute approximate surface area is 129 Å². The van der Waals surface area contributed by atoms with Crippen LogP contribution < -0.4 is 5.32 Å². The van der Waals surface area contributed by atoms with Gasteiger partial charge < -0.3 is 15.5 Å².